The topological polar surface area (TPSA) is 35.5 Å². The molecule has 1 aliphatic heterocycles. The maximum atomic E-state index is 10.2. The van der Waals surface area contributed by atoms with E-state index in [2.05, 4.69) is 23.2 Å². The number of aromatic hydroxyl groups is 1. The molecule has 0 saturated carbocycles. The molecule has 1 aromatic carbocycles. The Hall–Kier alpha value is -1.06. The van der Waals surface area contributed by atoms with Crippen LogP contribution >= 0.6 is 0 Å². The van der Waals surface area contributed by atoms with Gasteiger partial charge in [-0.05, 0) is 18.9 Å². The van der Waals surface area contributed by atoms with Gasteiger partial charge >= 0.3 is 0 Å². The van der Waals surface area contributed by atoms with E-state index in [1.165, 1.54) is 0 Å². The second-order valence-electron chi connectivity index (χ2n) is 4.72. The summed E-state index contributed by atoms with van der Waals surface area (Å²) < 4.78 is 0. The molecule has 17 heavy (non-hydrogen) atoms. The van der Waals surface area contributed by atoms with E-state index in [0.717, 1.165) is 43.7 Å². The van der Waals surface area contributed by atoms with Crippen molar-refractivity contribution in [3.63, 3.8) is 0 Å². The summed E-state index contributed by atoms with van der Waals surface area (Å²) in [7, 11) is 0. The van der Waals surface area contributed by atoms with Crippen molar-refractivity contribution in [3.8, 4) is 5.75 Å². The molecule has 0 unspecified atom stereocenters. The fourth-order valence-electron chi connectivity index (χ4n) is 2.62. The Bertz CT molecular complexity index is 372. The minimum absolute atomic E-state index is 0.344. The number of piperazine rings is 1. The van der Waals surface area contributed by atoms with Gasteiger partial charge in [0.05, 0.1) is 0 Å². The predicted molar refractivity (Wildman–Crippen MR) is 70.3 cm³/mol. The second kappa shape index (κ2) is 5.52. The van der Waals surface area contributed by atoms with E-state index in [4.69, 9.17) is 0 Å². The van der Waals surface area contributed by atoms with Crippen LogP contribution in [0.1, 0.15) is 30.5 Å². The normalized spacial score (nSPS) is 19.2. The molecule has 3 nitrogen and oxygen atoms in total. The van der Waals surface area contributed by atoms with Crippen molar-refractivity contribution in [2.24, 2.45) is 0 Å². The first-order valence-electron chi connectivity index (χ1n) is 6.47. The summed E-state index contributed by atoms with van der Waals surface area (Å²) >= 11 is 0. The van der Waals surface area contributed by atoms with Crippen LogP contribution < -0.4 is 5.32 Å². The monoisotopic (exact) mass is 234 g/mol. The van der Waals surface area contributed by atoms with Crippen molar-refractivity contribution in [3.05, 3.63) is 29.3 Å². The van der Waals surface area contributed by atoms with Crippen molar-refractivity contribution < 1.29 is 5.11 Å². The molecular weight excluding hydrogens is 212 g/mol. The SMILES string of the molecule is CC[C@H](c1cccc(C)c1O)N1CCNCC1. The number of benzene rings is 1. The van der Waals surface area contributed by atoms with Gasteiger partial charge in [-0.25, -0.2) is 0 Å². The van der Waals surface area contributed by atoms with Crippen molar-refractivity contribution in [1.29, 1.82) is 0 Å². The van der Waals surface area contributed by atoms with E-state index < -0.39 is 0 Å². The van der Waals surface area contributed by atoms with Gasteiger partial charge in [0.25, 0.3) is 0 Å². The number of aryl methyl sites for hydroxylation is 1. The van der Waals surface area contributed by atoms with Crippen molar-refractivity contribution >= 4 is 0 Å². The van der Waals surface area contributed by atoms with Crippen LogP contribution in [0.2, 0.25) is 0 Å². The summed E-state index contributed by atoms with van der Waals surface area (Å²) in [6, 6.07) is 6.40. The van der Waals surface area contributed by atoms with Crippen LogP contribution in [-0.2, 0) is 0 Å². The molecule has 1 atom stereocenters. The zero-order chi connectivity index (χ0) is 12.3. The minimum Gasteiger partial charge on any atom is -0.507 e. The number of para-hydroxylation sites is 1. The van der Waals surface area contributed by atoms with Crippen molar-refractivity contribution in [1.82, 2.24) is 10.2 Å². The molecule has 2 rings (SSSR count). The number of phenolic OH excluding ortho intramolecular Hbond substituents is 1. The summed E-state index contributed by atoms with van der Waals surface area (Å²) in [5, 5.41) is 13.6. The Morgan fingerprint density at radius 1 is 1.35 bits per heavy atom. The van der Waals surface area contributed by atoms with Gasteiger partial charge in [0, 0.05) is 37.8 Å². The fraction of sp³-hybridized carbons (Fsp3) is 0.571. The average Bonchev–Trinajstić information content (AvgIpc) is 2.37. The lowest BCUT2D eigenvalue weighted by atomic mass is 9.98. The Balaban J connectivity index is 2.24. The summed E-state index contributed by atoms with van der Waals surface area (Å²) in [6.45, 7) is 8.36. The molecule has 0 spiro atoms. The van der Waals surface area contributed by atoms with E-state index in [9.17, 15) is 5.11 Å². The molecule has 0 aliphatic carbocycles. The van der Waals surface area contributed by atoms with Gasteiger partial charge < -0.3 is 10.4 Å². The third-order valence-corrected chi connectivity index (χ3v) is 3.61. The van der Waals surface area contributed by atoms with Crippen molar-refractivity contribution in [2.45, 2.75) is 26.3 Å². The lowest BCUT2D eigenvalue weighted by Crippen LogP contribution is -2.45. The van der Waals surface area contributed by atoms with Gasteiger partial charge in [0.2, 0.25) is 0 Å². The molecule has 1 heterocycles. The third-order valence-electron chi connectivity index (χ3n) is 3.61. The lowest BCUT2D eigenvalue weighted by Gasteiger charge is -2.35. The Labute approximate surface area is 103 Å². The van der Waals surface area contributed by atoms with Gasteiger partial charge in [-0.1, -0.05) is 25.1 Å². The summed E-state index contributed by atoms with van der Waals surface area (Å²) in [5.74, 6) is 0.470. The zero-order valence-corrected chi connectivity index (χ0v) is 10.7. The molecule has 1 aromatic rings. The summed E-state index contributed by atoms with van der Waals surface area (Å²) in [5.41, 5.74) is 2.05. The number of rotatable bonds is 3. The number of nitrogens with one attached hydrogen (secondary N) is 1. The maximum absolute atomic E-state index is 10.2. The standard InChI is InChI=1S/C14H22N2O/c1-3-13(16-9-7-15-8-10-16)12-6-4-5-11(2)14(12)17/h4-6,13,15,17H,3,7-10H2,1-2H3/t13-/m1/s1. The van der Waals surface area contributed by atoms with Gasteiger partial charge in [-0.15, -0.1) is 0 Å². The van der Waals surface area contributed by atoms with E-state index in [-0.39, 0.29) is 0 Å². The average molecular weight is 234 g/mol. The molecular formula is C14H22N2O. The molecule has 0 bridgehead atoms. The first kappa shape index (κ1) is 12.4. The molecule has 0 radical (unpaired) electrons. The second-order valence-corrected chi connectivity index (χ2v) is 4.72. The van der Waals surface area contributed by atoms with Gasteiger partial charge in [-0.3, -0.25) is 4.90 Å². The predicted octanol–water partition coefficient (Wildman–Crippen LogP) is 2.06. The third kappa shape index (κ3) is 2.61. The molecule has 0 amide bonds. The fourth-order valence-corrected chi connectivity index (χ4v) is 2.62. The molecule has 1 saturated heterocycles. The quantitative estimate of drug-likeness (QED) is 0.840. The lowest BCUT2D eigenvalue weighted by molar-refractivity contribution is 0.167. The van der Waals surface area contributed by atoms with Crippen molar-refractivity contribution in [2.75, 3.05) is 26.2 Å². The largest absolute Gasteiger partial charge is 0.507 e. The molecule has 1 aliphatic rings. The van der Waals surface area contributed by atoms with Gasteiger partial charge in [-0.2, -0.15) is 0 Å². The number of hydrogen-bond acceptors (Lipinski definition) is 3. The van der Waals surface area contributed by atoms with Crippen LogP contribution in [0.3, 0.4) is 0 Å². The number of phenols is 1. The van der Waals surface area contributed by atoms with Crippen LogP contribution in [0.5, 0.6) is 5.75 Å². The highest BCUT2D eigenvalue weighted by Crippen LogP contribution is 2.33. The molecule has 3 heteroatoms. The van der Waals surface area contributed by atoms with Crippen LogP contribution in [-0.4, -0.2) is 36.2 Å². The van der Waals surface area contributed by atoms with Crippen LogP contribution in [0.25, 0.3) is 0 Å². The molecule has 2 N–H and O–H groups in total. The van der Waals surface area contributed by atoms with Crippen LogP contribution in [0, 0.1) is 6.92 Å². The van der Waals surface area contributed by atoms with Crippen LogP contribution in [0.15, 0.2) is 18.2 Å². The minimum atomic E-state index is 0.344. The summed E-state index contributed by atoms with van der Waals surface area (Å²) in [4.78, 5) is 2.46. The highest BCUT2D eigenvalue weighted by molar-refractivity contribution is 5.41. The maximum Gasteiger partial charge on any atom is 0.123 e. The van der Waals surface area contributed by atoms with E-state index in [1.54, 1.807) is 0 Å². The first-order valence-corrected chi connectivity index (χ1v) is 6.47. The Kier molecular flexibility index (Phi) is 4.02. The molecule has 0 aromatic heterocycles. The highest BCUT2D eigenvalue weighted by atomic mass is 16.3. The van der Waals surface area contributed by atoms with E-state index >= 15 is 0 Å². The van der Waals surface area contributed by atoms with E-state index in [1.807, 2.05) is 19.1 Å². The van der Waals surface area contributed by atoms with Crippen LogP contribution in [0.4, 0.5) is 0 Å². The van der Waals surface area contributed by atoms with E-state index in [0.29, 0.717) is 11.8 Å². The zero-order valence-electron chi connectivity index (χ0n) is 10.7. The number of hydrogen-bond donors (Lipinski definition) is 2. The first-order chi connectivity index (χ1) is 8.24. The van der Waals surface area contributed by atoms with Gasteiger partial charge in [0.1, 0.15) is 5.75 Å². The number of nitrogens with zero attached hydrogens (tertiary/aromatic N) is 1. The molecule has 1 fully saturated rings. The Morgan fingerprint density at radius 3 is 2.71 bits per heavy atom. The Morgan fingerprint density at radius 2 is 2.06 bits per heavy atom. The highest BCUT2D eigenvalue weighted by Gasteiger charge is 2.23. The smallest absolute Gasteiger partial charge is 0.123 e. The molecule has 94 valence electrons. The van der Waals surface area contributed by atoms with Gasteiger partial charge in [0.15, 0.2) is 0 Å². The summed E-state index contributed by atoms with van der Waals surface area (Å²) in [6.07, 6.45) is 1.04.